The number of phenolic OH excluding ortho intramolecular Hbond substituents is 1. The monoisotopic (exact) mass is 483 g/mol. The van der Waals surface area contributed by atoms with Crippen molar-refractivity contribution in [3.63, 3.8) is 0 Å². The highest BCUT2D eigenvalue weighted by Crippen LogP contribution is 2.54. The van der Waals surface area contributed by atoms with E-state index in [0.29, 0.717) is 14.3 Å². The molecular weight excluding hydrogens is 433 g/mol. The van der Waals surface area contributed by atoms with Crippen molar-refractivity contribution in [3.8, 4) is 5.75 Å². The fourth-order valence-electron chi connectivity index (χ4n) is 4.89. The summed E-state index contributed by atoms with van der Waals surface area (Å²) in [6.07, 6.45) is 5.75. The van der Waals surface area contributed by atoms with E-state index in [9.17, 15) is 5.11 Å². The third-order valence-corrected chi connectivity index (χ3v) is 9.52. The topological polar surface area (TPSA) is 32.3 Å². The summed E-state index contributed by atoms with van der Waals surface area (Å²) in [6, 6.07) is 11.3. The molecule has 2 aromatic carbocycles. The van der Waals surface area contributed by atoms with Crippen LogP contribution in [0.15, 0.2) is 30.3 Å². The first-order valence-electron chi connectivity index (χ1n) is 13.2. The number of phenols is 1. The van der Waals surface area contributed by atoms with Gasteiger partial charge in [0.25, 0.3) is 0 Å². The van der Waals surface area contributed by atoms with E-state index < -0.39 is 0 Å². The van der Waals surface area contributed by atoms with Crippen LogP contribution in [-0.2, 0) is 22.5 Å². The fraction of sp³-hybridized carbons (Fsp3) is 0.613. The van der Waals surface area contributed by atoms with E-state index in [2.05, 4.69) is 98.0 Å². The summed E-state index contributed by atoms with van der Waals surface area (Å²) in [6.45, 7) is 21.2. The Morgan fingerprint density at radius 3 is 2.09 bits per heavy atom. The van der Waals surface area contributed by atoms with Gasteiger partial charge in [0.2, 0.25) is 0 Å². The zero-order valence-electron chi connectivity index (χ0n) is 23.6. The molecule has 0 fully saturated rings. The minimum absolute atomic E-state index is 0.0222. The lowest BCUT2D eigenvalue weighted by molar-refractivity contribution is 0.415. The highest BCUT2D eigenvalue weighted by atomic mass is 31.1. The smallest absolute Gasteiger partial charge is 0.123 e. The summed E-state index contributed by atoms with van der Waals surface area (Å²) in [5.41, 5.74) is 6.22. The summed E-state index contributed by atoms with van der Waals surface area (Å²) >= 11 is 0. The van der Waals surface area contributed by atoms with Crippen LogP contribution in [-0.4, -0.2) is 12.2 Å². The van der Waals surface area contributed by atoms with Gasteiger partial charge in [0, 0.05) is 17.3 Å². The number of benzene rings is 2. The van der Waals surface area contributed by atoms with E-state index in [1.165, 1.54) is 46.8 Å². The Morgan fingerprint density at radius 2 is 1.56 bits per heavy atom. The molecule has 0 spiro atoms. The maximum absolute atomic E-state index is 11.8. The molecule has 0 aliphatic heterocycles. The normalized spacial score (nSPS) is 14.6. The quantitative estimate of drug-likeness (QED) is 0.264. The van der Waals surface area contributed by atoms with Crippen LogP contribution in [0.5, 0.6) is 5.75 Å². The molecule has 2 atom stereocenters. The summed E-state index contributed by atoms with van der Waals surface area (Å²) in [4.78, 5) is 0. The second-order valence-electron chi connectivity index (χ2n) is 12.1. The van der Waals surface area contributed by atoms with Crippen LogP contribution >= 0.6 is 8.58 Å². The third kappa shape index (κ3) is 6.64. The van der Waals surface area contributed by atoms with Crippen molar-refractivity contribution < 1.29 is 5.11 Å². The lowest BCUT2D eigenvalue weighted by Crippen LogP contribution is -2.28. The molecule has 190 valence electrons. The molecule has 0 aromatic heterocycles. The molecule has 3 heteroatoms. The van der Waals surface area contributed by atoms with Gasteiger partial charge in [0.05, 0.1) is 0 Å². The number of nitrogens with one attached hydrogen (secondary N) is 1. The maximum Gasteiger partial charge on any atom is 0.123 e. The van der Waals surface area contributed by atoms with Crippen LogP contribution in [0.4, 0.5) is 0 Å². The Balaban J connectivity index is 2.84. The van der Waals surface area contributed by atoms with Crippen LogP contribution in [0.25, 0.3) is 0 Å². The Morgan fingerprint density at radius 1 is 0.912 bits per heavy atom. The van der Waals surface area contributed by atoms with E-state index >= 15 is 0 Å². The lowest BCUT2D eigenvalue weighted by Gasteiger charge is -2.38. The predicted molar refractivity (Wildman–Crippen MR) is 154 cm³/mol. The molecule has 0 heterocycles. The van der Waals surface area contributed by atoms with Crippen LogP contribution in [0.2, 0.25) is 0 Å². The Kier molecular flexibility index (Phi) is 9.83. The largest absolute Gasteiger partial charge is 0.507 e. The zero-order valence-corrected chi connectivity index (χ0v) is 24.6. The molecule has 0 saturated carbocycles. The van der Waals surface area contributed by atoms with E-state index in [-0.39, 0.29) is 16.0 Å². The van der Waals surface area contributed by atoms with Crippen LogP contribution in [0.3, 0.4) is 0 Å². The second kappa shape index (κ2) is 11.6. The average Bonchev–Trinajstić information content (AvgIpc) is 2.74. The zero-order chi connectivity index (χ0) is 25.7. The first-order valence-corrected chi connectivity index (χ1v) is 14.2. The number of unbranched alkanes of at least 4 members (excludes halogenated alkanes) is 2. The number of aromatic hydroxyl groups is 1. The van der Waals surface area contributed by atoms with Gasteiger partial charge in [-0.15, -0.1) is 0 Å². The predicted octanol–water partition coefficient (Wildman–Crippen LogP) is 8.20. The van der Waals surface area contributed by atoms with Crippen molar-refractivity contribution in [1.29, 1.82) is 0 Å². The van der Waals surface area contributed by atoms with Gasteiger partial charge in [0.15, 0.2) is 0 Å². The van der Waals surface area contributed by atoms with E-state index in [4.69, 9.17) is 0 Å². The Labute approximate surface area is 212 Å². The summed E-state index contributed by atoms with van der Waals surface area (Å²) in [7, 11) is 2.64. The number of rotatable bonds is 10. The number of hydrogen-bond acceptors (Lipinski definition) is 2. The summed E-state index contributed by atoms with van der Waals surface area (Å²) in [5.74, 6) is 0.523. The summed E-state index contributed by atoms with van der Waals surface area (Å²) in [5, 5.41) is 16.6. The van der Waals surface area contributed by atoms with E-state index in [1.54, 1.807) is 0 Å². The van der Waals surface area contributed by atoms with Gasteiger partial charge in [0.1, 0.15) is 5.75 Å². The number of aryl methyl sites for hydroxylation is 1. The lowest BCUT2D eigenvalue weighted by atomic mass is 9.76. The Hall–Kier alpha value is -1.37. The molecule has 2 N–H and O–H groups in total. The second-order valence-corrected chi connectivity index (χ2v) is 13.8. The van der Waals surface area contributed by atoms with Gasteiger partial charge in [-0.1, -0.05) is 114 Å². The molecule has 0 aliphatic rings. The maximum atomic E-state index is 11.8. The van der Waals surface area contributed by atoms with Crippen molar-refractivity contribution in [2.45, 2.75) is 117 Å². The van der Waals surface area contributed by atoms with Crippen molar-refractivity contribution in [3.05, 3.63) is 58.1 Å². The van der Waals surface area contributed by atoms with Gasteiger partial charge >= 0.3 is 0 Å². The van der Waals surface area contributed by atoms with Crippen LogP contribution in [0.1, 0.15) is 115 Å². The molecule has 2 aromatic rings. The first-order chi connectivity index (χ1) is 15.8. The van der Waals surface area contributed by atoms with Crippen LogP contribution < -0.4 is 10.6 Å². The van der Waals surface area contributed by atoms with Gasteiger partial charge in [-0.3, -0.25) is 0 Å². The third-order valence-electron chi connectivity index (χ3n) is 7.20. The molecule has 2 rings (SSSR count). The molecule has 0 amide bonds. The molecule has 0 radical (unpaired) electrons. The van der Waals surface area contributed by atoms with Crippen molar-refractivity contribution in [2.75, 3.05) is 7.05 Å². The highest BCUT2D eigenvalue weighted by molar-refractivity contribution is 7.48. The highest BCUT2D eigenvalue weighted by Gasteiger charge is 2.37. The average molecular weight is 484 g/mol. The van der Waals surface area contributed by atoms with Gasteiger partial charge in [-0.05, 0) is 65.2 Å². The van der Waals surface area contributed by atoms with E-state index in [1.807, 2.05) is 7.05 Å². The number of hydrogen-bond donors (Lipinski definition) is 2. The Bertz CT molecular complexity index is 951. The molecule has 0 saturated heterocycles. The molecule has 2 nitrogen and oxygen atoms in total. The SMILES string of the molecule is CCCCCC(CC)(Pc1c(C)cccc1CNC)c1cc(C(C)(C)C)cc(C(C)(C)C)c1O. The van der Waals surface area contributed by atoms with Gasteiger partial charge in [-0.25, -0.2) is 0 Å². The standard InChI is InChI=1S/C31H50NOP/c1-11-13-14-18-31(12-2,34-28-22(3)16-15-17-23(28)21-32-10)26-20-24(29(4,5)6)19-25(27(26)33)30(7,8)9/h15-17,19-20,32-34H,11-14,18,21H2,1-10H3. The molecule has 0 aliphatic carbocycles. The minimum atomic E-state index is -0.119. The summed E-state index contributed by atoms with van der Waals surface area (Å²) < 4.78 is 0. The fourth-order valence-corrected chi connectivity index (χ4v) is 6.78. The molecule has 0 bridgehead atoms. The van der Waals surface area contributed by atoms with Gasteiger partial charge in [-0.2, -0.15) is 0 Å². The first kappa shape index (κ1) is 28.9. The molecule has 2 unspecified atom stereocenters. The van der Waals surface area contributed by atoms with Crippen LogP contribution in [0, 0.1) is 6.92 Å². The van der Waals surface area contributed by atoms with Crippen molar-refractivity contribution in [1.82, 2.24) is 5.32 Å². The molecule has 34 heavy (non-hydrogen) atoms. The van der Waals surface area contributed by atoms with Crippen molar-refractivity contribution in [2.24, 2.45) is 0 Å². The molecular formula is C31H50NOP. The van der Waals surface area contributed by atoms with E-state index in [0.717, 1.165) is 24.9 Å². The van der Waals surface area contributed by atoms with Gasteiger partial charge < -0.3 is 10.4 Å². The minimum Gasteiger partial charge on any atom is -0.507 e. The van der Waals surface area contributed by atoms with Crippen molar-refractivity contribution >= 4 is 13.9 Å².